The Morgan fingerprint density at radius 3 is 2.56 bits per heavy atom. The fourth-order valence-electron chi connectivity index (χ4n) is 2.56. The molecule has 1 amide bonds. The SMILES string of the molecule is CCn1c(C)c(C(=O)N(C)C)s/c1=N\c1ccc(-n2cccn2)cc1. The average Bonchev–Trinajstić information content (AvgIpc) is 3.23. The van der Waals surface area contributed by atoms with Crippen LogP contribution < -0.4 is 4.80 Å². The van der Waals surface area contributed by atoms with Crippen LogP contribution in [-0.2, 0) is 6.54 Å². The second-order valence-electron chi connectivity index (χ2n) is 5.82. The van der Waals surface area contributed by atoms with Crippen LogP contribution in [0.1, 0.15) is 22.3 Å². The van der Waals surface area contributed by atoms with Crippen LogP contribution in [-0.4, -0.2) is 39.3 Å². The Morgan fingerprint density at radius 1 is 1.28 bits per heavy atom. The van der Waals surface area contributed by atoms with Gasteiger partial charge in [0.2, 0.25) is 0 Å². The van der Waals surface area contributed by atoms with E-state index in [2.05, 4.69) is 16.6 Å². The van der Waals surface area contributed by atoms with Crippen molar-refractivity contribution in [2.75, 3.05) is 14.1 Å². The summed E-state index contributed by atoms with van der Waals surface area (Å²) in [5, 5.41) is 4.22. The number of thiazole rings is 1. The van der Waals surface area contributed by atoms with E-state index in [1.54, 1.807) is 29.9 Å². The lowest BCUT2D eigenvalue weighted by Crippen LogP contribution is -2.21. The summed E-state index contributed by atoms with van der Waals surface area (Å²) in [5.41, 5.74) is 2.79. The fourth-order valence-corrected chi connectivity index (χ4v) is 3.79. The van der Waals surface area contributed by atoms with Gasteiger partial charge in [-0.05, 0) is 44.2 Å². The summed E-state index contributed by atoms with van der Waals surface area (Å²) in [7, 11) is 3.53. The molecular weight excluding hydrogens is 334 g/mol. The molecule has 2 heterocycles. The van der Waals surface area contributed by atoms with Gasteiger partial charge in [0.15, 0.2) is 4.80 Å². The van der Waals surface area contributed by atoms with Gasteiger partial charge >= 0.3 is 0 Å². The topological polar surface area (TPSA) is 55.4 Å². The first-order chi connectivity index (χ1) is 12.0. The largest absolute Gasteiger partial charge is 0.344 e. The first kappa shape index (κ1) is 17.2. The summed E-state index contributed by atoms with van der Waals surface area (Å²) < 4.78 is 3.88. The number of nitrogens with zero attached hydrogens (tertiary/aromatic N) is 5. The first-order valence-corrected chi connectivity index (χ1v) is 8.89. The molecule has 0 unspecified atom stereocenters. The summed E-state index contributed by atoms with van der Waals surface area (Å²) in [6, 6.07) is 9.77. The van der Waals surface area contributed by atoms with E-state index in [1.165, 1.54) is 11.3 Å². The number of carbonyl (C=O) groups excluding carboxylic acids is 1. The van der Waals surface area contributed by atoms with E-state index in [4.69, 9.17) is 4.99 Å². The summed E-state index contributed by atoms with van der Waals surface area (Å²) in [6.07, 6.45) is 3.65. The molecule has 0 saturated heterocycles. The maximum Gasteiger partial charge on any atom is 0.265 e. The van der Waals surface area contributed by atoms with Crippen molar-refractivity contribution in [3.63, 3.8) is 0 Å². The molecular formula is C18H21N5OS. The predicted octanol–water partition coefficient (Wildman–Crippen LogP) is 3.00. The highest BCUT2D eigenvalue weighted by Gasteiger charge is 2.17. The molecule has 3 rings (SSSR count). The van der Waals surface area contributed by atoms with E-state index in [0.717, 1.165) is 33.3 Å². The van der Waals surface area contributed by atoms with Crippen molar-refractivity contribution in [1.29, 1.82) is 0 Å². The molecule has 0 aliphatic heterocycles. The van der Waals surface area contributed by atoms with Gasteiger partial charge in [0, 0.05) is 38.7 Å². The number of hydrogen-bond donors (Lipinski definition) is 0. The Labute approximate surface area is 150 Å². The zero-order valence-corrected chi connectivity index (χ0v) is 15.6. The monoisotopic (exact) mass is 355 g/mol. The lowest BCUT2D eigenvalue weighted by molar-refractivity contribution is 0.0831. The molecule has 3 aromatic rings. The number of rotatable bonds is 4. The molecule has 1 aromatic carbocycles. The van der Waals surface area contributed by atoms with Gasteiger partial charge in [0.1, 0.15) is 4.88 Å². The minimum absolute atomic E-state index is 0.0141. The molecule has 0 bridgehead atoms. The number of benzene rings is 1. The summed E-state index contributed by atoms with van der Waals surface area (Å²) in [6.45, 7) is 4.80. The quantitative estimate of drug-likeness (QED) is 0.722. The Bertz CT molecular complexity index is 933. The molecule has 0 spiro atoms. The number of aromatic nitrogens is 3. The third-order valence-corrected chi connectivity index (χ3v) is 5.09. The molecule has 6 nitrogen and oxygen atoms in total. The summed E-state index contributed by atoms with van der Waals surface area (Å²) in [4.78, 5) is 20.2. The van der Waals surface area contributed by atoms with Crippen LogP contribution in [0.15, 0.2) is 47.7 Å². The van der Waals surface area contributed by atoms with Crippen LogP contribution in [0.2, 0.25) is 0 Å². The zero-order valence-electron chi connectivity index (χ0n) is 14.8. The lowest BCUT2D eigenvalue weighted by atomic mass is 10.3. The van der Waals surface area contributed by atoms with Gasteiger partial charge < -0.3 is 9.47 Å². The van der Waals surface area contributed by atoms with Crippen LogP contribution in [0.4, 0.5) is 5.69 Å². The van der Waals surface area contributed by atoms with Gasteiger partial charge in [0.05, 0.1) is 11.4 Å². The molecule has 2 aromatic heterocycles. The third kappa shape index (κ3) is 3.41. The molecule has 7 heteroatoms. The average molecular weight is 355 g/mol. The smallest absolute Gasteiger partial charge is 0.265 e. The van der Waals surface area contributed by atoms with Gasteiger partial charge in [-0.15, -0.1) is 0 Å². The zero-order chi connectivity index (χ0) is 18.0. The van der Waals surface area contributed by atoms with Crippen molar-refractivity contribution >= 4 is 22.9 Å². The molecule has 0 aliphatic carbocycles. The van der Waals surface area contributed by atoms with Crippen LogP contribution in [0, 0.1) is 6.92 Å². The number of hydrogen-bond acceptors (Lipinski definition) is 4. The van der Waals surface area contributed by atoms with Gasteiger partial charge in [0.25, 0.3) is 5.91 Å². The highest BCUT2D eigenvalue weighted by Crippen LogP contribution is 2.18. The van der Waals surface area contributed by atoms with Gasteiger partial charge in [-0.3, -0.25) is 4.79 Å². The molecule has 0 radical (unpaired) electrons. The molecule has 0 saturated carbocycles. The van der Waals surface area contributed by atoms with Gasteiger partial charge in [-0.1, -0.05) is 11.3 Å². The number of amides is 1. The van der Waals surface area contributed by atoms with Gasteiger partial charge in [-0.2, -0.15) is 5.10 Å². The summed E-state index contributed by atoms with van der Waals surface area (Å²) >= 11 is 1.43. The minimum Gasteiger partial charge on any atom is -0.344 e. The van der Waals surface area contributed by atoms with Crippen molar-refractivity contribution in [1.82, 2.24) is 19.2 Å². The Kier molecular flexibility index (Phi) is 4.85. The Hall–Kier alpha value is -2.67. The molecule has 130 valence electrons. The molecule has 0 N–H and O–H groups in total. The number of carbonyl (C=O) groups is 1. The maximum absolute atomic E-state index is 12.3. The molecule has 0 fully saturated rings. The predicted molar refractivity (Wildman–Crippen MR) is 99.5 cm³/mol. The molecule has 0 aliphatic rings. The van der Waals surface area contributed by atoms with E-state index in [-0.39, 0.29) is 5.91 Å². The van der Waals surface area contributed by atoms with Crippen molar-refractivity contribution in [2.45, 2.75) is 20.4 Å². The van der Waals surface area contributed by atoms with E-state index in [0.29, 0.717) is 0 Å². The third-order valence-electron chi connectivity index (χ3n) is 3.92. The Balaban J connectivity index is 2.01. The van der Waals surface area contributed by atoms with Crippen molar-refractivity contribution < 1.29 is 4.79 Å². The van der Waals surface area contributed by atoms with Crippen LogP contribution >= 0.6 is 11.3 Å². The fraction of sp³-hybridized carbons (Fsp3) is 0.278. The Morgan fingerprint density at radius 2 is 2.00 bits per heavy atom. The molecule has 25 heavy (non-hydrogen) atoms. The van der Waals surface area contributed by atoms with E-state index >= 15 is 0 Å². The highest BCUT2D eigenvalue weighted by atomic mass is 32.1. The van der Waals surface area contributed by atoms with E-state index < -0.39 is 0 Å². The second kappa shape index (κ2) is 7.06. The van der Waals surface area contributed by atoms with Gasteiger partial charge in [-0.25, -0.2) is 9.67 Å². The second-order valence-corrected chi connectivity index (χ2v) is 6.80. The van der Waals surface area contributed by atoms with Crippen LogP contribution in [0.3, 0.4) is 0 Å². The maximum atomic E-state index is 12.3. The highest BCUT2D eigenvalue weighted by molar-refractivity contribution is 7.11. The van der Waals surface area contributed by atoms with Crippen LogP contribution in [0.25, 0.3) is 5.69 Å². The van der Waals surface area contributed by atoms with Crippen LogP contribution in [0.5, 0.6) is 0 Å². The van der Waals surface area contributed by atoms with Crippen molar-refractivity contribution in [3.8, 4) is 5.69 Å². The van der Waals surface area contributed by atoms with E-state index in [9.17, 15) is 4.79 Å². The van der Waals surface area contributed by atoms with E-state index in [1.807, 2.05) is 43.5 Å². The van der Waals surface area contributed by atoms with Crippen molar-refractivity contribution in [3.05, 3.63) is 58.1 Å². The normalized spacial score (nSPS) is 11.8. The lowest BCUT2D eigenvalue weighted by Gasteiger charge is -2.09. The standard InChI is InChI=1S/C18H21N5OS/c1-5-22-13(2)16(17(24)21(3)4)25-18(22)20-14-7-9-15(10-8-14)23-12-6-11-19-23/h6-12H,5H2,1-4H3/b20-18-. The van der Waals surface area contributed by atoms with Crippen molar-refractivity contribution in [2.24, 2.45) is 4.99 Å². The summed E-state index contributed by atoms with van der Waals surface area (Å²) in [5.74, 6) is 0.0141. The molecule has 0 atom stereocenters. The minimum atomic E-state index is 0.0141. The first-order valence-electron chi connectivity index (χ1n) is 8.08.